The van der Waals surface area contributed by atoms with Crippen molar-refractivity contribution in [1.29, 1.82) is 0 Å². The van der Waals surface area contributed by atoms with Gasteiger partial charge in [0.25, 0.3) is 0 Å². The quantitative estimate of drug-likeness (QED) is 0.651. The zero-order valence-corrected chi connectivity index (χ0v) is 12.7. The normalized spacial score (nSPS) is 11.3. The molecule has 0 atom stereocenters. The summed E-state index contributed by atoms with van der Waals surface area (Å²) in [5.41, 5.74) is 2.02. The molecule has 0 N–H and O–H groups in total. The van der Waals surface area contributed by atoms with Crippen LogP contribution in [0.2, 0.25) is 5.02 Å². The topological polar surface area (TPSA) is 27.1 Å². The number of halogens is 1. The highest BCUT2D eigenvalue weighted by Crippen LogP contribution is 2.29. The van der Waals surface area contributed by atoms with E-state index in [0.717, 1.165) is 34.9 Å². The third-order valence-corrected chi connectivity index (χ3v) is 4.22. The molecular weight excluding hydrogens is 292 g/mol. The van der Waals surface area contributed by atoms with E-state index in [1.54, 1.807) is 11.3 Å². The van der Waals surface area contributed by atoms with Crippen LogP contribution in [-0.4, -0.2) is 22.8 Å². The fourth-order valence-electron chi connectivity index (χ4n) is 2.22. The van der Waals surface area contributed by atoms with Gasteiger partial charge in [-0.3, -0.25) is 0 Å². The van der Waals surface area contributed by atoms with Crippen LogP contribution in [0.5, 0.6) is 0 Å². The van der Waals surface area contributed by atoms with Crippen LogP contribution in [0.3, 0.4) is 0 Å². The number of aromatic nitrogens is 2. The first-order valence-corrected chi connectivity index (χ1v) is 7.82. The molecule has 3 aromatic rings. The van der Waals surface area contributed by atoms with Crippen LogP contribution < -0.4 is 0 Å². The highest BCUT2D eigenvalue weighted by atomic mass is 35.5. The first-order chi connectivity index (χ1) is 9.79. The molecule has 2 heterocycles. The van der Waals surface area contributed by atoms with Crippen LogP contribution in [0.15, 0.2) is 35.7 Å². The van der Waals surface area contributed by atoms with Gasteiger partial charge in [-0.05, 0) is 36.6 Å². The fourth-order valence-corrected chi connectivity index (χ4v) is 3.11. The van der Waals surface area contributed by atoms with Gasteiger partial charge in [0, 0.05) is 18.2 Å². The standard InChI is InChI=1S/C15H15ClN2OS/c1-2-19-8-7-18-13-6-5-11(16)10-12(13)17-15(18)14-4-3-9-20-14/h3-6,9-10H,2,7-8H2,1H3. The molecule has 0 aliphatic carbocycles. The fraction of sp³-hybridized carbons (Fsp3) is 0.267. The van der Waals surface area contributed by atoms with Crippen LogP contribution in [0.25, 0.3) is 21.7 Å². The number of rotatable bonds is 5. The van der Waals surface area contributed by atoms with Gasteiger partial charge >= 0.3 is 0 Å². The van der Waals surface area contributed by atoms with Crippen molar-refractivity contribution in [3.8, 4) is 10.7 Å². The summed E-state index contributed by atoms with van der Waals surface area (Å²) in [6, 6.07) is 9.96. The molecular formula is C15H15ClN2OS. The molecule has 0 saturated carbocycles. The number of fused-ring (bicyclic) bond motifs is 1. The molecule has 2 aromatic heterocycles. The van der Waals surface area contributed by atoms with E-state index in [-0.39, 0.29) is 0 Å². The van der Waals surface area contributed by atoms with Crippen LogP contribution in [0.1, 0.15) is 6.92 Å². The van der Waals surface area contributed by atoms with E-state index < -0.39 is 0 Å². The lowest BCUT2D eigenvalue weighted by Crippen LogP contribution is -2.07. The van der Waals surface area contributed by atoms with Crippen molar-refractivity contribution in [1.82, 2.24) is 9.55 Å². The molecule has 104 valence electrons. The molecule has 3 nitrogen and oxygen atoms in total. The first kappa shape index (κ1) is 13.6. The van der Waals surface area contributed by atoms with Crippen LogP contribution in [-0.2, 0) is 11.3 Å². The van der Waals surface area contributed by atoms with Crippen LogP contribution in [0, 0.1) is 0 Å². The summed E-state index contributed by atoms with van der Waals surface area (Å²) in [7, 11) is 0. The highest BCUT2D eigenvalue weighted by molar-refractivity contribution is 7.13. The Balaban J connectivity index is 2.09. The molecule has 5 heteroatoms. The molecule has 1 aromatic carbocycles. The van der Waals surface area contributed by atoms with Gasteiger partial charge in [-0.2, -0.15) is 0 Å². The van der Waals surface area contributed by atoms with Crippen molar-refractivity contribution in [2.24, 2.45) is 0 Å². The second-order valence-corrected chi connectivity index (χ2v) is 5.78. The summed E-state index contributed by atoms with van der Waals surface area (Å²) in [6.07, 6.45) is 0. The first-order valence-electron chi connectivity index (χ1n) is 6.57. The molecule has 0 amide bonds. The number of ether oxygens (including phenoxy) is 1. The minimum atomic E-state index is 0.683. The second-order valence-electron chi connectivity index (χ2n) is 4.39. The maximum atomic E-state index is 6.06. The van der Waals surface area contributed by atoms with Gasteiger partial charge in [-0.15, -0.1) is 11.3 Å². The van der Waals surface area contributed by atoms with Gasteiger partial charge in [0.05, 0.1) is 22.5 Å². The van der Waals surface area contributed by atoms with E-state index >= 15 is 0 Å². The number of nitrogens with zero attached hydrogens (tertiary/aromatic N) is 2. The van der Waals surface area contributed by atoms with Gasteiger partial charge in [0.1, 0.15) is 0 Å². The highest BCUT2D eigenvalue weighted by Gasteiger charge is 2.13. The second kappa shape index (κ2) is 5.95. The zero-order chi connectivity index (χ0) is 13.9. The monoisotopic (exact) mass is 306 g/mol. The Labute approximate surface area is 126 Å². The number of hydrogen-bond donors (Lipinski definition) is 0. The van der Waals surface area contributed by atoms with Gasteiger partial charge in [-0.25, -0.2) is 4.98 Å². The van der Waals surface area contributed by atoms with Crippen molar-refractivity contribution in [2.45, 2.75) is 13.5 Å². The predicted molar refractivity (Wildman–Crippen MR) is 84.5 cm³/mol. The Bertz CT molecular complexity index is 706. The zero-order valence-electron chi connectivity index (χ0n) is 11.2. The molecule has 20 heavy (non-hydrogen) atoms. The smallest absolute Gasteiger partial charge is 0.151 e. The molecule has 0 aliphatic heterocycles. The van der Waals surface area contributed by atoms with Crippen LogP contribution in [0.4, 0.5) is 0 Å². The summed E-state index contributed by atoms with van der Waals surface area (Å²) < 4.78 is 7.68. The van der Waals surface area contributed by atoms with E-state index in [9.17, 15) is 0 Å². The molecule has 0 radical (unpaired) electrons. The van der Waals surface area contributed by atoms with E-state index in [1.165, 1.54) is 0 Å². The average Bonchev–Trinajstić information content (AvgIpc) is 3.06. The number of benzene rings is 1. The summed E-state index contributed by atoms with van der Waals surface area (Å²) >= 11 is 7.75. The largest absolute Gasteiger partial charge is 0.380 e. The Morgan fingerprint density at radius 2 is 2.25 bits per heavy atom. The van der Waals surface area contributed by atoms with Crippen molar-refractivity contribution >= 4 is 34.0 Å². The molecule has 0 fully saturated rings. The Morgan fingerprint density at radius 3 is 3.00 bits per heavy atom. The number of hydrogen-bond acceptors (Lipinski definition) is 3. The Kier molecular flexibility index (Phi) is 4.05. The lowest BCUT2D eigenvalue weighted by atomic mass is 10.3. The van der Waals surface area contributed by atoms with Crippen molar-refractivity contribution < 1.29 is 4.74 Å². The third kappa shape index (κ3) is 2.59. The minimum Gasteiger partial charge on any atom is -0.380 e. The lowest BCUT2D eigenvalue weighted by Gasteiger charge is -2.08. The van der Waals surface area contributed by atoms with Crippen molar-refractivity contribution in [3.63, 3.8) is 0 Å². The van der Waals surface area contributed by atoms with Gasteiger partial charge in [-0.1, -0.05) is 17.7 Å². The molecule has 0 aliphatic rings. The van der Waals surface area contributed by atoms with E-state index in [1.807, 2.05) is 31.2 Å². The van der Waals surface area contributed by atoms with E-state index in [0.29, 0.717) is 11.6 Å². The summed E-state index contributed by atoms with van der Waals surface area (Å²) in [5, 5.41) is 2.78. The van der Waals surface area contributed by atoms with Crippen molar-refractivity contribution in [3.05, 3.63) is 40.7 Å². The van der Waals surface area contributed by atoms with E-state index in [2.05, 4.69) is 16.0 Å². The molecule has 0 bridgehead atoms. The summed E-state index contributed by atoms with van der Waals surface area (Å²) in [5.74, 6) is 0.983. The molecule has 0 saturated heterocycles. The molecule has 0 spiro atoms. The van der Waals surface area contributed by atoms with Gasteiger partial charge < -0.3 is 9.30 Å². The SMILES string of the molecule is CCOCCn1c(-c2cccs2)nc2cc(Cl)ccc21. The predicted octanol–water partition coefficient (Wildman–Crippen LogP) is 4.45. The minimum absolute atomic E-state index is 0.683. The maximum absolute atomic E-state index is 6.06. The average molecular weight is 307 g/mol. The van der Waals surface area contributed by atoms with Gasteiger partial charge in [0.15, 0.2) is 5.82 Å². The van der Waals surface area contributed by atoms with Gasteiger partial charge in [0.2, 0.25) is 0 Å². The third-order valence-electron chi connectivity index (χ3n) is 3.12. The summed E-state index contributed by atoms with van der Waals surface area (Å²) in [4.78, 5) is 5.89. The number of thiophene rings is 1. The van der Waals surface area contributed by atoms with Crippen molar-refractivity contribution in [2.75, 3.05) is 13.2 Å². The lowest BCUT2D eigenvalue weighted by molar-refractivity contribution is 0.140. The molecule has 3 rings (SSSR count). The maximum Gasteiger partial charge on any atom is 0.151 e. The Morgan fingerprint density at radius 1 is 1.35 bits per heavy atom. The summed E-state index contributed by atoms with van der Waals surface area (Å²) in [6.45, 7) is 4.21. The Hall–Kier alpha value is -1.36. The molecule has 0 unspecified atom stereocenters. The van der Waals surface area contributed by atoms with Crippen LogP contribution >= 0.6 is 22.9 Å². The van der Waals surface area contributed by atoms with E-state index in [4.69, 9.17) is 21.3 Å². The number of imidazole rings is 1.